The number of ether oxygens (including phenoxy) is 1. The minimum Gasteiger partial charge on any atom is -0.359 e. The molecule has 2 N–H and O–H groups in total. The average Bonchev–Trinajstić information content (AvgIpc) is 3.21. The molecule has 1 saturated heterocycles. The van der Waals surface area contributed by atoms with Crippen molar-refractivity contribution < 1.29 is 22.7 Å². The molecule has 1 aliphatic heterocycles. The standard InChI is InChI=1S/C20H23N3O5S/c1-15-7-9-16(10-8-15)13-21-19(24)20(25)22-14-18-23(11-12-28-18)29(26,27)17-5-3-2-4-6-17/h2-10,18H,11-14H2,1H3,(H,21,24)(H,22,25). The van der Waals surface area contributed by atoms with Gasteiger partial charge in [0.2, 0.25) is 10.0 Å². The molecule has 29 heavy (non-hydrogen) atoms. The van der Waals surface area contributed by atoms with Crippen LogP contribution in [-0.4, -0.2) is 50.5 Å². The van der Waals surface area contributed by atoms with E-state index in [0.29, 0.717) is 0 Å². The molecule has 0 bridgehead atoms. The predicted molar refractivity (Wildman–Crippen MR) is 106 cm³/mol. The second-order valence-corrected chi connectivity index (χ2v) is 8.52. The average molecular weight is 417 g/mol. The molecule has 1 unspecified atom stereocenters. The highest BCUT2D eigenvalue weighted by Crippen LogP contribution is 2.21. The van der Waals surface area contributed by atoms with E-state index in [0.717, 1.165) is 11.1 Å². The maximum Gasteiger partial charge on any atom is 0.309 e. The fourth-order valence-electron chi connectivity index (χ4n) is 2.90. The lowest BCUT2D eigenvalue weighted by molar-refractivity contribution is -0.139. The van der Waals surface area contributed by atoms with E-state index < -0.39 is 28.1 Å². The Morgan fingerprint density at radius 1 is 1.03 bits per heavy atom. The molecule has 3 rings (SSSR count). The SMILES string of the molecule is Cc1ccc(CNC(=O)C(=O)NCC2OCCN2S(=O)(=O)c2ccccc2)cc1. The minimum absolute atomic E-state index is 0.122. The van der Waals surface area contributed by atoms with Gasteiger partial charge in [0, 0.05) is 13.1 Å². The monoisotopic (exact) mass is 417 g/mol. The van der Waals surface area contributed by atoms with Crippen LogP contribution >= 0.6 is 0 Å². The van der Waals surface area contributed by atoms with Gasteiger partial charge in [0.15, 0.2) is 0 Å². The van der Waals surface area contributed by atoms with Crippen LogP contribution in [-0.2, 0) is 30.9 Å². The summed E-state index contributed by atoms with van der Waals surface area (Å²) in [5, 5.41) is 4.98. The Hall–Kier alpha value is -2.75. The Bertz CT molecular complexity index is 961. The lowest BCUT2D eigenvalue weighted by Crippen LogP contribution is -2.47. The van der Waals surface area contributed by atoms with E-state index in [1.54, 1.807) is 18.2 Å². The summed E-state index contributed by atoms with van der Waals surface area (Å²) in [7, 11) is -3.75. The van der Waals surface area contributed by atoms with Gasteiger partial charge in [-0.25, -0.2) is 8.42 Å². The zero-order chi connectivity index (χ0) is 20.9. The van der Waals surface area contributed by atoms with Gasteiger partial charge in [0.1, 0.15) is 6.23 Å². The van der Waals surface area contributed by atoms with Crippen molar-refractivity contribution in [2.75, 3.05) is 19.7 Å². The number of benzene rings is 2. The second kappa shape index (κ2) is 9.17. The third kappa shape index (κ3) is 5.20. The van der Waals surface area contributed by atoms with Crippen molar-refractivity contribution in [3.05, 3.63) is 65.7 Å². The largest absolute Gasteiger partial charge is 0.359 e. The molecule has 0 radical (unpaired) electrons. The number of amides is 2. The zero-order valence-electron chi connectivity index (χ0n) is 16.0. The molecule has 0 spiro atoms. The highest BCUT2D eigenvalue weighted by molar-refractivity contribution is 7.89. The molecule has 8 nitrogen and oxygen atoms in total. The van der Waals surface area contributed by atoms with Crippen molar-refractivity contribution in [2.24, 2.45) is 0 Å². The first kappa shape index (κ1) is 21.0. The van der Waals surface area contributed by atoms with Crippen molar-refractivity contribution in [2.45, 2.75) is 24.6 Å². The van der Waals surface area contributed by atoms with Crippen molar-refractivity contribution in [3.8, 4) is 0 Å². The van der Waals surface area contributed by atoms with E-state index in [2.05, 4.69) is 10.6 Å². The first-order valence-corrected chi connectivity index (χ1v) is 10.6. The Balaban J connectivity index is 1.53. The number of nitrogens with zero attached hydrogens (tertiary/aromatic N) is 1. The van der Waals surface area contributed by atoms with Crippen LogP contribution in [0.1, 0.15) is 11.1 Å². The van der Waals surface area contributed by atoms with Crippen LogP contribution in [0.3, 0.4) is 0 Å². The number of rotatable bonds is 6. The maximum absolute atomic E-state index is 12.8. The summed E-state index contributed by atoms with van der Waals surface area (Å²) < 4.78 is 32.2. The molecule has 2 aromatic carbocycles. The third-order valence-corrected chi connectivity index (χ3v) is 6.41. The van der Waals surface area contributed by atoms with Crippen molar-refractivity contribution in [1.29, 1.82) is 0 Å². The van der Waals surface area contributed by atoms with Crippen LogP contribution < -0.4 is 10.6 Å². The third-order valence-electron chi connectivity index (χ3n) is 4.51. The Labute approximate surface area is 169 Å². The predicted octanol–water partition coefficient (Wildman–Crippen LogP) is 0.775. The Morgan fingerprint density at radius 2 is 1.69 bits per heavy atom. The normalized spacial score (nSPS) is 17.1. The van der Waals surface area contributed by atoms with Gasteiger partial charge in [-0.2, -0.15) is 4.31 Å². The van der Waals surface area contributed by atoms with Gasteiger partial charge in [0.05, 0.1) is 18.0 Å². The van der Waals surface area contributed by atoms with E-state index in [-0.39, 0.29) is 31.1 Å². The molecule has 1 atom stereocenters. The minimum atomic E-state index is -3.75. The number of carbonyl (C=O) groups excluding carboxylic acids is 2. The van der Waals surface area contributed by atoms with Crippen LogP contribution in [0.2, 0.25) is 0 Å². The molecule has 2 amide bonds. The second-order valence-electron chi connectivity index (χ2n) is 6.63. The first-order chi connectivity index (χ1) is 13.9. The summed E-state index contributed by atoms with van der Waals surface area (Å²) in [6, 6.07) is 15.6. The van der Waals surface area contributed by atoms with Gasteiger partial charge in [-0.3, -0.25) is 9.59 Å². The maximum atomic E-state index is 12.8. The molecular formula is C20H23N3O5S. The smallest absolute Gasteiger partial charge is 0.309 e. The summed E-state index contributed by atoms with van der Waals surface area (Å²) in [6.45, 7) is 2.45. The van der Waals surface area contributed by atoms with Gasteiger partial charge in [-0.1, -0.05) is 48.0 Å². The summed E-state index contributed by atoms with van der Waals surface area (Å²) in [4.78, 5) is 24.2. The molecule has 1 fully saturated rings. The Morgan fingerprint density at radius 3 is 2.38 bits per heavy atom. The van der Waals surface area contributed by atoms with Crippen LogP contribution in [0, 0.1) is 6.92 Å². The summed E-state index contributed by atoms with van der Waals surface area (Å²) in [5.74, 6) is -1.63. The molecule has 0 saturated carbocycles. The molecule has 1 heterocycles. The van der Waals surface area contributed by atoms with Crippen LogP contribution in [0.4, 0.5) is 0 Å². The fraction of sp³-hybridized carbons (Fsp3) is 0.300. The lowest BCUT2D eigenvalue weighted by Gasteiger charge is -2.22. The highest BCUT2D eigenvalue weighted by atomic mass is 32.2. The van der Waals surface area contributed by atoms with Crippen LogP contribution in [0.25, 0.3) is 0 Å². The van der Waals surface area contributed by atoms with Crippen LogP contribution in [0.15, 0.2) is 59.5 Å². The molecule has 1 aliphatic rings. The van der Waals surface area contributed by atoms with Crippen molar-refractivity contribution in [3.63, 3.8) is 0 Å². The van der Waals surface area contributed by atoms with E-state index in [1.807, 2.05) is 31.2 Å². The fourth-order valence-corrected chi connectivity index (χ4v) is 4.43. The van der Waals surface area contributed by atoms with E-state index in [1.165, 1.54) is 16.4 Å². The molecule has 0 aliphatic carbocycles. The zero-order valence-corrected chi connectivity index (χ0v) is 16.8. The molecular weight excluding hydrogens is 394 g/mol. The van der Waals surface area contributed by atoms with E-state index in [9.17, 15) is 18.0 Å². The Kier molecular flexibility index (Phi) is 6.63. The van der Waals surface area contributed by atoms with Gasteiger partial charge >= 0.3 is 11.8 Å². The number of hydrogen-bond acceptors (Lipinski definition) is 5. The number of nitrogens with one attached hydrogen (secondary N) is 2. The summed E-state index contributed by atoms with van der Waals surface area (Å²) in [6.07, 6.45) is -0.867. The number of sulfonamides is 1. The molecule has 2 aromatic rings. The number of carbonyl (C=O) groups is 2. The first-order valence-electron chi connectivity index (χ1n) is 9.18. The van der Waals surface area contributed by atoms with E-state index >= 15 is 0 Å². The molecule has 154 valence electrons. The van der Waals surface area contributed by atoms with E-state index in [4.69, 9.17) is 4.74 Å². The van der Waals surface area contributed by atoms with Crippen molar-refractivity contribution in [1.82, 2.24) is 14.9 Å². The highest BCUT2D eigenvalue weighted by Gasteiger charge is 2.36. The van der Waals surface area contributed by atoms with Gasteiger partial charge in [0.25, 0.3) is 0 Å². The van der Waals surface area contributed by atoms with Crippen LogP contribution in [0.5, 0.6) is 0 Å². The lowest BCUT2D eigenvalue weighted by atomic mass is 10.1. The van der Waals surface area contributed by atoms with Gasteiger partial charge in [-0.05, 0) is 24.6 Å². The topological polar surface area (TPSA) is 105 Å². The number of hydrogen-bond donors (Lipinski definition) is 2. The number of aryl methyl sites for hydroxylation is 1. The molecule has 9 heteroatoms. The summed E-state index contributed by atoms with van der Waals surface area (Å²) in [5.41, 5.74) is 1.97. The van der Waals surface area contributed by atoms with Gasteiger partial charge in [-0.15, -0.1) is 0 Å². The molecule has 0 aromatic heterocycles. The quantitative estimate of drug-likeness (QED) is 0.676. The van der Waals surface area contributed by atoms with Gasteiger partial charge < -0.3 is 15.4 Å². The summed E-state index contributed by atoms with van der Waals surface area (Å²) >= 11 is 0. The van der Waals surface area contributed by atoms with Crippen molar-refractivity contribution >= 4 is 21.8 Å².